The van der Waals surface area contributed by atoms with E-state index in [0.29, 0.717) is 17.4 Å². The maximum atomic E-state index is 6.00. The summed E-state index contributed by atoms with van der Waals surface area (Å²) in [6.45, 7) is 6.04. The first-order valence-electron chi connectivity index (χ1n) is 6.29. The van der Waals surface area contributed by atoms with Gasteiger partial charge < -0.3 is 10.1 Å². The van der Waals surface area contributed by atoms with Gasteiger partial charge in [-0.3, -0.25) is 4.40 Å². The van der Waals surface area contributed by atoms with Gasteiger partial charge in [-0.15, -0.1) is 10.2 Å². The maximum absolute atomic E-state index is 6.00. The lowest BCUT2D eigenvalue weighted by Gasteiger charge is -2.29. The van der Waals surface area contributed by atoms with E-state index in [1.165, 1.54) is 0 Å². The Bertz CT molecular complexity index is 552. The summed E-state index contributed by atoms with van der Waals surface area (Å²) in [5, 5.41) is 11.5. The lowest BCUT2D eigenvalue weighted by Crippen LogP contribution is -2.43. The molecule has 1 N–H and O–H groups in total. The van der Waals surface area contributed by atoms with Crippen molar-refractivity contribution in [2.24, 2.45) is 5.92 Å². The van der Waals surface area contributed by atoms with Crippen molar-refractivity contribution in [2.45, 2.75) is 26.4 Å². The van der Waals surface area contributed by atoms with Crippen LogP contribution in [0, 0.1) is 12.8 Å². The predicted octanol–water partition coefficient (Wildman–Crippen LogP) is 0.810. The largest absolute Gasteiger partial charge is 0.470 e. The van der Waals surface area contributed by atoms with Gasteiger partial charge in [-0.2, -0.15) is 0 Å². The van der Waals surface area contributed by atoms with Gasteiger partial charge >= 0.3 is 0 Å². The third-order valence-electron chi connectivity index (χ3n) is 3.48. The van der Waals surface area contributed by atoms with Gasteiger partial charge in [0, 0.05) is 18.9 Å². The van der Waals surface area contributed by atoms with Crippen LogP contribution in [-0.2, 0) is 0 Å². The highest BCUT2D eigenvalue weighted by atomic mass is 16.5. The molecule has 1 aliphatic rings. The molecule has 0 aliphatic carbocycles. The first-order chi connectivity index (χ1) is 8.75. The van der Waals surface area contributed by atoms with E-state index >= 15 is 0 Å². The average Bonchev–Trinajstić information content (AvgIpc) is 2.76. The van der Waals surface area contributed by atoms with Crippen molar-refractivity contribution in [3.63, 3.8) is 0 Å². The molecular weight excluding hydrogens is 230 g/mol. The molecule has 0 saturated carbocycles. The molecule has 0 spiro atoms. The first kappa shape index (κ1) is 11.4. The van der Waals surface area contributed by atoms with Crippen LogP contribution >= 0.6 is 0 Å². The summed E-state index contributed by atoms with van der Waals surface area (Å²) in [7, 11) is 0. The Kier molecular flexibility index (Phi) is 2.87. The van der Waals surface area contributed by atoms with Crippen LogP contribution < -0.4 is 10.1 Å². The molecule has 6 heteroatoms. The number of fused-ring (bicyclic) bond motifs is 1. The number of hydrogen-bond acceptors (Lipinski definition) is 5. The Balaban J connectivity index is 1.90. The zero-order valence-electron chi connectivity index (χ0n) is 10.6. The quantitative estimate of drug-likeness (QED) is 0.850. The Morgan fingerprint density at radius 1 is 1.44 bits per heavy atom. The van der Waals surface area contributed by atoms with Crippen molar-refractivity contribution in [3.05, 3.63) is 18.2 Å². The number of aryl methyl sites for hydroxylation is 1. The normalized spacial score (nSPS) is 24.3. The lowest BCUT2D eigenvalue weighted by molar-refractivity contribution is 0.111. The summed E-state index contributed by atoms with van der Waals surface area (Å²) < 4.78 is 7.89. The smallest absolute Gasteiger partial charge is 0.260 e. The molecule has 0 aromatic carbocycles. The summed E-state index contributed by atoms with van der Waals surface area (Å²) in [6, 6.07) is 0. The molecule has 3 rings (SSSR count). The van der Waals surface area contributed by atoms with Crippen molar-refractivity contribution < 1.29 is 4.74 Å². The second kappa shape index (κ2) is 4.53. The Labute approximate surface area is 105 Å². The number of aromatic nitrogens is 4. The van der Waals surface area contributed by atoms with Crippen LogP contribution in [0.1, 0.15) is 19.2 Å². The highest BCUT2D eigenvalue weighted by molar-refractivity contribution is 5.48. The molecule has 2 aromatic rings. The van der Waals surface area contributed by atoms with Crippen LogP contribution in [0.2, 0.25) is 0 Å². The Morgan fingerprint density at radius 2 is 2.33 bits per heavy atom. The zero-order chi connectivity index (χ0) is 12.5. The van der Waals surface area contributed by atoms with E-state index < -0.39 is 0 Å². The predicted molar refractivity (Wildman–Crippen MR) is 66.6 cm³/mol. The Morgan fingerprint density at radius 3 is 3.17 bits per heavy atom. The van der Waals surface area contributed by atoms with E-state index in [0.717, 1.165) is 25.3 Å². The van der Waals surface area contributed by atoms with Crippen LogP contribution in [-0.4, -0.2) is 38.8 Å². The van der Waals surface area contributed by atoms with Crippen molar-refractivity contribution in [1.29, 1.82) is 0 Å². The molecule has 1 saturated heterocycles. The van der Waals surface area contributed by atoms with Crippen LogP contribution in [0.25, 0.3) is 5.65 Å². The zero-order valence-corrected chi connectivity index (χ0v) is 10.6. The summed E-state index contributed by atoms with van der Waals surface area (Å²) in [6.07, 6.45) is 4.84. The number of nitrogens with one attached hydrogen (secondary N) is 1. The fraction of sp³-hybridized carbons (Fsp3) is 0.583. The number of ether oxygens (including phenoxy) is 1. The number of piperidine rings is 1. The van der Waals surface area contributed by atoms with Gasteiger partial charge in [0.1, 0.15) is 11.9 Å². The molecule has 3 heterocycles. The highest BCUT2D eigenvalue weighted by Gasteiger charge is 2.24. The molecule has 96 valence electrons. The fourth-order valence-corrected chi connectivity index (χ4v) is 2.26. The van der Waals surface area contributed by atoms with E-state index in [1.807, 2.05) is 17.5 Å². The topological polar surface area (TPSA) is 64.3 Å². The minimum absolute atomic E-state index is 0.148. The SMILES string of the molecule is Cc1nnc2c(OC3CNCCC3C)nccn12. The van der Waals surface area contributed by atoms with E-state index in [9.17, 15) is 0 Å². The average molecular weight is 247 g/mol. The standard InChI is InChI=1S/C12H17N5O/c1-8-3-4-13-7-10(8)18-12-11-16-15-9(2)17(11)6-5-14-12/h5-6,8,10,13H,3-4,7H2,1-2H3. The molecule has 2 aromatic heterocycles. The van der Waals surface area contributed by atoms with Gasteiger partial charge in [-0.25, -0.2) is 4.98 Å². The molecule has 0 bridgehead atoms. The van der Waals surface area contributed by atoms with E-state index in [-0.39, 0.29) is 6.10 Å². The van der Waals surface area contributed by atoms with Gasteiger partial charge in [-0.05, 0) is 25.8 Å². The summed E-state index contributed by atoms with van der Waals surface area (Å²) in [5.74, 6) is 1.93. The van der Waals surface area contributed by atoms with Crippen LogP contribution in [0.5, 0.6) is 5.88 Å². The molecule has 18 heavy (non-hydrogen) atoms. The number of hydrogen-bond donors (Lipinski definition) is 1. The summed E-state index contributed by atoms with van der Waals surface area (Å²) in [5.41, 5.74) is 0.688. The third-order valence-corrected chi connectivity index (χ3v) is 3.48. The molecule has 2 unspecified atom stereocenters. The van der Waals surface area contributed by atoms with Crippen molar-refractivity contribution >= 4 is 5.65 Å². The van der Waals surface area contributed by atoms with Gasteiger partial charge in [0.15, 0.2) is 0 Å². The van der Waals surface area contributed by atoms with E-state index in [1.54, 1.807) is 6.20 Å². The minimum Gasteiger partial charge on any atom is -0.470 e. The number of rotatable bonds is 2. The second-order valence-electron chi connectivity index (χ2n) is 4.80. The molecule has 6 nitrogen and oxygen atoms in total. The summed E-state index contributed by atoms with van der Waals surface area (Å²) in [4.78, 5) is 4.28. The van der Waals surface area contributed by atoms with Gasteiger partial charge in [0.05, 0.1) is 0 Å². The fourth-order valence-electron chi connectivity index (χ4n) is 2.26. The van der Waals surface area contributed by atoms with Crippen LogP contribution in [0.15, 0.2) is 12.4 Å². The molecule has 0 radical (unpaired) electrons. The van der Waals surface area contributed by atoms with Crippen LogP contribution in [0.4, 0.5) is 0 Å². The monoisotopic (exact) mass is 247 g/mol. The van der Waals surface area contributed by atoms with Gasteiger partial charge in [0.2, 0.25) is 5.65 Å². The maximum Gasteiger partial charge on any atom is 0.260 e. The van der Waals surface area contributed by atoms with E-state index in [2.05, 4.69) is 27.4 Å². The molecule has 2 atom stereocenters. The molecular formula is C12H17N5O. The van der Waals surface area contributed by atoms with Crippen LogP contribution in [0.3, 0.4) is 0 Å². The third kappa shape index (κ3) is 1.92. The first-order valence-corrected chi connectivity index (χ1v) is 6.29. The molecule has 1 aliphatic heterocycles. The van der Waals surface area contributed by atoms with Gasteiger partial charge in [-0.1, -0.05) is 6.92 Å². The molecule has 0 amide bonds. The molecule has 1 fully saturated rings. The Hall–Kier alpha value is -1.69. The highest BCUT2D eigenvalue weighted by Crippen LogP contribution is 2.21. The van der Waals surface area contributed by atoms with Crippen molar-refractivity contribution in [1.82, 2.24) is 24.9 Å². The minimum atomic E-state index is 0.148. The second-order valence-corrected chi connectivity index (χ2v) is 4.80. The van der Waals surface area contributed by atoms with E-state index in [4.69, 9.17) is 4.74 Å². The number of nitrogens with zero attached hydrogens (tertiary/aromatic N) is 4. The summed E-state index contributed by atoms with van der Waals surface area (Å²) >= 11 is 0. The van der Waals surface area contributed by atoms with Gasteiger partial charge in [0.25, 0.3) is 5.88 Å². The van der Waals surface area contributed by atoms with Crippen molar-refractivity contribution in [2.75, 3.05) is 13.1 Å². The van der Waals surface area contributed by atoms with Crippen molar-refractivity contribution in [3.8, 4) is 5.88 Å². The lowest BCUT2D eigenvalue weighted by atomic mass is 9.97.